The summed E-state index contributed by atoms with van der Waals surface area (Å²) in [5.41, 5.74) is 2.51. The fourth-order valence-electron chi connectivity index (χ4n) is 3.00. The lowest BCUT2D eigenvalue weighted by molar-refractivity contribution is -0.0278. The molecule has 1 aliphatic heterocycles. The molecular formula is C17H23N3O. The third-order valence-corrected chi connectivity index (χ3v) is 4.20. The lowest BCUT2D eigenvalue weighted by Gasteiger charge is -2.32. The fourth-order valence-corrected chi connectivity index (χ4v) is 3.00. The molecule has 2 aromatic rings. The molecule has 0 saturated carbocycles. The number of hydrogen-bond acceptors (Lipinski definition) is 3. The van der Waals surface area contributed by atoms with Gasteiger partial charge in [0.1, 0.15) is 0 Å². The summed E-state index contributed by atoms with van der Waals surface area (Å²) < 4.78 is 8.09. The first-order chi connectivity index (χ1) is 10.3. The first-order valence-electron chi connectivity index (χ1n) is 7.67. The quantitative estimate of drug-likeness (QED) is 0.918. The minimum absolute atomic E-state index is 0.221. The summed E-state index contributed by atoms with van der Waals surface area (Å²) in [5.74, 6) is 0.536. The van der Waals surface area contributed by atoms with Crippen LogP contribution in [0.5, 0.6) is 0 Å². The van der Waals surface area contributed by atoms with E-state index < -0.39 is 0 Å². The SMILES string of the molecule is Cn1cncc1CNC[C@H]1CCCO[C@@H]1c1ccccc1. The Morgan fingerprint density at radius 1 is 1.33 bits per heavy atom. The molecule has 1 aromatic heterocycles. The van der Waals surface area contributed by atoms with Crippen molar-refractivity contribution in [2.75, 3.05) is 13.2 Å². The highest BCUT2D eigenvalue weighted by molar-refractivity contribution is 5.18. The second-order valence-electron chi connectivity index (χ2n) is 5.73. The Kier molecular flexibility index (Phi) is 4.68. The van der Waals surface area contributed by atoms with E-state index in [-0.39, 0.29) is 6.10 Å². The molecule has 1 N–H and O–H groups in total. The summed E-state index contributed by atoms with van der Waals surface area (Å²) in [5, 5.41) is 3.56. The molecule has 1 fully saturated rings. The smallest absolute Gasteiger partial charge is 0.0945 e. The van der Waals surface area contributed by atoms with Crippen LogP contribution in [0.2, 0.25) is 0 Å². The highest BCUT2D eigenvalue weighted by Gasteiger charge is 2.26. The van der Waals surface area contributed by atoms with Crippen molar-refractivity contribution in [3.8, 4) is 0 Å². The van der Waals surface area contributed by atoms with Crippen LogP contribution in [0.1, 0.15) is 30.2 Å². The van der Waals surface area contributed by atoms with Crippen LogP contribution in [0.3, 0.4) is 0 Å². The van der Waals surface area contributed by atoms with Crippen LogP contribution < -0.4 is 5.32 Å². The summed E-state index contributed by atoms with van der Waals surface area (Å²) in [7, 11) is 2.03. The van der Waals surface area contributed by atoms with Crippen LogP contribution in [-0.2, 0) is 18.3 Å². The Morgan fingerprint density at radius 2 is 2.19 bits per heavy atom. The van der Waals surface area contributed by atoms with Gasteiger partial charge >= 0.3 is 0 Å². The van der Waals surface area contributed by atoms with E-state index >= 15 is 0 Å². The van der Waals surface area contributed by atoms with Crippen molar-refractivity contribution in [2.45, 2.75) is 25.5 Å². The number of imidazole rings is 1. The monoisotopic (exact) mass is 285 g/mol. The van der Waals surface area contributed by atoms with E-state index in [1.807, 2.05) is 19.6 Å². The first-order valence-corrected chi connectivity index (χ1v) is 7.67. The van der Waals surface area contributed by atoms with E-state index in [2.05, 4.69) is 45.2 Å². The maximum Gasteiger partial charge on any atom is 0.0945 e. The van der Waals surface area contributed by atoms with Gasteiger partial charge in [0.05, 0.1) is 18.1 Å². The van der Waals surface area contributed by atoms with Gasteiger partial charge in [-0.15, -0.1) is 0 Å². The number of rotatable bonds is 5. The van der Waals surface area contributed by atoms with Crippen molar-refractivity contribution in [3.05, 3.63) is 54.1 Å². The number of benzene rings is 1. The predicted octanol–water partition coefficient (Wildman–Crippen LogP) is 2.68. The average Bonchev–Trinajstić information content (AvgIpc) is 2.94. The van der Waals surface area contributed by atoms with E-state index in [1.54, 1.807) is 0 Å². The molecule has 0 spiro atoms. The average molecular weight is 285 g/mol. The van der Waals surface area contributed by atoms with Gasteiger partial charge < -0.3 is 14.6 Å². The molecular weight excluding hydrogens is 262 g/mol. The Balaban J connectivity index is 1.59. The van der Waals surface area contributed by atoms with Crippen LogP contribution in [0.4, 0.5) is 0 Å². The molecule has 0 radical (unpaired) electrons. The van der Waals surface area contributed by atoms with E-state index in [9.17, 15) is 0 Å². The topological polar surface area (TPSA) is 39.1 Å². The maximum absolute atomic E-state index is 6.03. The molecule has 1 aromatic carbocycles. The number of ether oxygens (including phenoxy) is 1. The second kappa shape index (κ2) is 6.87. The van der Waals surface area contributed by atoms with Gasteiger partial charge in [0.15, 0.2) is 0 Å². The van der Waals surface area contributed by atoms with Gasteiger partial charge in [0, 0.05) is 38.9 Å². The van der Waals surface area contributed by atoms with Crippen LogP contribution in [0, 0.1) is 5.92 Å². The van der Waals surface area contributed by atoms with E-state index in [0.717, 1.165) is 26.1 Å². The van der Waals surface area contributed by atoms with E-state index in [1.165, 1.54) is 17.7 Å². The Morgan fingerprint density at radius 3 is 2.95 bits per heavy atom. The second-order valence-corrected chi connectivity index (χ2v) is 5.73. The highest BCUT2D eigenvalue weighted by atomic mass is 16.5. The zero-order valence-corrected chi connectivity index (χ0v) is 12.5. The van der Waals surface area contributed by atoms with Gasteiger partial charge in [-0.2, -0.15) is 0 Å². The Bertz CT molecular complexity index is 552. The fraction of sp³-hybridized carbons (Fsp3) is 0.471. The van der Waals surface area contributed by atoms with Gasteiger partial charge in [-0.3, -0.25) is 0 Å². The van der Waals surface area contributed by atoms with Crippen molar-refractivity contribution in [1.29, 1.82) is 0 Å². The molecule has 1 saturated heterocycles. The van der Waals surface area contributed by atoms with Crippen LogP contribution in [0.25, 0.3) is 0 Å². The van der Waals surface area contributed by atoms with Gasteiger partial charge in [-0.05, 0) is 18.4 Å². The molecule has 4 heteroatoms. The van der Waals surface area contributed by atoms with Crippen LogP contribution >= 0.6 is 0 Å². The maximum atomic E-state index is 6.03. The minimum Gasteiger partial charge on any atom is -0.373 e. The Labute approximate surface area is 126 Å². The zero-order valence-electron chi connectivity index (χ0n) is 12.5. The molecule has 0 bridgehead atoms. The van der Waals surface area contributed by atoms with Crippen LogP contribution in [-0.4, -0.2) is 22.7 Å². The largest absolute Gasteiger partial charge is 0.373 e. The number of nitrogens with one attached hydrogen (secondary N) is 1. The summed E-state index contributed by atoms with van der Waals surface area (Å²) >= 11 is 0. The van der Waals surface area contributed by atoms with Gasteiger partial charge in [-0.1, -0.05) is 30.3 Å². The lowest BCUT2D eigenvalue weighted by atomic mass is 9.89. The molecule has 2 heterocycles. The van der Waals surface area contributed by atoms with E-state index in [0.29, 0.717) is 5.92 Å². The molecule has 21 heavy (non-hydrogen) atoms. The van der Waals surface area contributed by atoms with Crippen molar-refractivity contribution in [1.82, 2.24) is 14.9 Å². The minimum atomic E-state index is 0.221. The summed E-state index contributed by atoms with van der Waals surface area (Å²) in [6.07, 6.45) is 6.35. The summed E-state index contributed by atoms with van der Waals surface area (Å²) in [4.78, 5) is 4.15. The van der Waals surface area contributed by atoms with Crippen molar-refractivity contribution in [2.24, 2.45) is 13.0 Å². The standard InChI is InChI=1S/C17H23N3O/c1-20-13-19-12-16(20)11-18-10-15-8-5-9-21-17(15)14-6-3-2-4-7-14/h2-4,6-7,12-13,15,17-18H,5,8-11H2,1H3/t15-,17-/m1/s1. The lowest BCUT2D eigenvalue weighted by Crippen LogP contribution is -2.32. The molecule has 3 rings (SSSR count). The first kappa shape index (κ1) is 14.3. The molecule has 112 valence electrons. The van der Waals surface area contributed by atoms with Crippen LogP contribution in [0.15, 0.2) is 42.9 Å². The molecule has 0 unspecified atom stereocenters. The number of nitrogens with zero attached hydrogens (tertiary/aromatic N) is 2. The van der Waals surface area contributed by atoms with Crippen molar-refractivity contribution < 1.29 is 4.74 Å². The Hall–Kier alpha value is -1.65. The molecule has 1 aliphatic rings. The third-order valence-electron chi connectivity index (χ3n) is 4.20. The third kappa shape index (κ3) is 3.52. The molecule has 0 aliphatic carbocycles. The normalized spacial score (nSPS) is 22.3. The number of aryl methyl sites for hydroxylation is 1. The highest BCUT2D eigenvalue weighted by Crippen LogP contribution is 2.33. The van der Waals surface area contributed by atoms with Crippen molar-refractivity contribution in [3.63, 3.8) is 0 Å². The summed E-state index contributed by atoms with van der Waals surface area (Å²) in [6, 6.07) is 10.6. The van der Waals surface area contributed by atoms with Gasteiger partial charge in [-0.25, -0.2) is 4.98 Å². The predicted molar refractivity (Wildman–Crippen MR) is 82.8 cm³/mol. The molecule has 2 atom stereocenters. The molecule has 0 amide bonds. The van der Waals surface area contributed by atoms with Crippen molar-refractivity contribution >= 4 is 0 Å². The summed E-state index contributed by atoms with van der Waals surface area (Å²) in [6.45, 7) is 2.71. The zero-order chi connectivity index (χ0) is 14.5. The van der Waals surface area contributed by atoms with Gasteiger partial charge in [0.25, 0.3) is 0 Å². The molecule has 4 nitrogen and oxygen atoms in total. The van der Waals surface area contributed by atoms with E-state index in [4.69, 9.17) is 4.74 Å². The van der Waals surface area contributed by atoms with Gasteiger partial charge in [0.2, 0.25) is 0 Å². The number of aromatic nitrogens is 2. The number of hydrogen-bond donors (Lipinski definition) is 1.